The highest BCUT2D eigenvalue weighted by Crippen LogP contribution is 2.32. The highest BCUT2D eigenvalue weighted by molar-refractivity contribution is 9.11. The van der Waals surface area contributed by atoms with Crippen molar-refractivity contribution in [3.05, 3.63) is 39.0 Å². The summed E-state index contributed by atoms with van der Waals surface area (Å²) in [5.74, 6) is 1.27. The van der Waals surface area contributed by atoms with E-state index in [-0.39, 0.29) is 12.5 Å². The number of amides is 1. The molecule has 1 aromatic heterocycles. The van der Waals surface area contributed by atoms with Crippen LogP contribution in [0.2, 0.25) is 0 Å². The van der Waals surface area contributed by atoms with Crippen LogP contribution in [0.15, 0.2) is 37.7 Å². The molecule has 0 fully saturated rings. The number of hydrogen-bond donors (Lipinski definition) is 1. The molecule has 0 bridgehead atoms. The Hall–Kier alpha value is -1.34. The molecular weight excluding hydrogens is 380 g/mol. The third-order valence-electron chi connectivity index (χ3n) is 2.16. The first kappa shape index (κ1) is 14.1. The van der Waals surface area contributed by atoms with Gasteiger partial charge in [-0.1, -0.05) is 11.2 Å². The number of benzene rings is 1. The lowest BCUT2D eigenvalue weighted by molar-refractivity contribution is -0.118. The zero-order valence-corrected chi connectivity index (χ0v) is 13.1. The summed E-state index contributed by atoms with van der Waals surface area (Å²) in [4.78, 5) is 11.7. The largest absolute Gasteiger partial charge is 0.481 e. The van der Waals surface area contributed by atoms with Crippen molar-refractivity contribution in [3.8, 4) is 5.75 Å². The van der Waals surface area contributed by atoms with Crippen LogP contribution in [-0.2, 0) is 4.79 Å². The first-order chi connectivity index (χ1) is 9.06. The number of nitrogens with one attached hydrogen (secondary N) is 1. The molecule has 0 atom stereocenters. The average Bonchev–Trinajstić information content (AvgIpc) is 2.74. The van der Waals surface area contributed by atoms with Gasteiger partial charge in [0, 0.05) is 6.07 Å². The number of aryl methyl sites for hydroxylation is 1. The van der Waals surface area contributed by atoms with Gasteiger partial charge in [0.05, 0.1) is 8.95 Å². The number of para-hydroxylation sites is 1. The van der Waals surface area contributed by atoms with E-state index in [1.165, 1.54) is 0 Å². The number of hydrogen-bond acceptors (Lipinski definition) is 4. The van der Waals surface area contributed by atoms with E-state index in [1.807, 2.05) is 18.2 Å². The van der Waals surface area contributed by atoms with Crippen LogP contribution in [0.1, 0.15) is 5.76 Å². The summed E-state index contributed by atoms with van der Waals surface area (Å²) < 4.78 is 11.8. The summed E-state index contributed by atoms with van der Waals surface area (Å²) in [5, 5.41) is 6.24. The van der Waals surface area contributed by atoms with Crippen molar-refractivity contribution < 1.29 is 14.1 Å². The fourth-order valence-corrected chi connectivity index (χ4v) is 2.59. The summed E-state index contributed by atoms with van der Waals surface area (Å²) in [7, 11) is 0. The number of aromatic nitrogens is 1. The van der Waals surface area contributed by atoms with Crippen LogP contribution in [0.4, 0.5) is 5.82 Å². The van der Waals surface area contributed by atoms with Gasteiger partial charge in [0.15, 0.2) is 12.4 Å². The average molecular weight is 390 g/mol. The number of carbonyl (C=O) groups is 1. The number of rotatable bonds is 4. The van der Waals surface area contributed by atoms with Gasteiger partial charge in [0.2, 0.25) is 0 Å². The molecule has 0 saturated carbocycles. The van der Waals surface area contributed by atoms with Crippen molar-refractivity contribution in [2.24, 2.45) is 0 Å². The summed E-state index contributed by atoms with van der Waals surface area (Å²) in [5.41, 5.74) is 0. The van der Waals surface area contributed by atoms with E-state index in [2.05, 4.69) is 42.3 Å². The molecule has 0 spiro atoms. The maximum Gasteiger partial charge on any atom is 0.263 e. The van der Waals surface area contributed by atoms with Crippen LogP contribution < -0.4 is 10.1 Å². The zero-order chi connectivity index (χ0) is 13.8. The van der Waals surface area contributed by atoms with Crippen LogP contribution in [0, 0.1) is 6.92 Å². The fraction of sp³-hybridized carbons (Fsp3) is 0.167. The Kier molecular flexibility index (Phi) is 4.60. The fourth-order valence-electron chi connectivity index (χ4n) is 1.36. The molecule has 0 saturated heterocycles. The second-order valence-electron chi connectivity index (χ2n) is 3.71. The molecule has 5 nitrogen and oxygen atoms in total. The van der Waals surface area contributed by atoms with Gasteiger partial charge in [-0.05, 0) is 50.9 Å². The van der Waals surface area contributed by atoms with Crippen molar-refractivity contribution in [1.82, 2.24) is 5.16 Å². The molecule has 0 unspecified atom stereocenters. The maximum atomic E-state index is 11.7. The lowest BCUT2D eigenvalue weighted by Gasteiger charge is -2.09. The van der Waals surface area contributed by atoms with Crippen LogP contribution in [-0.4, -0.2) is 17.7 Å². The summed E-state index contributed by atoms with van der Waals surface area (Å²) in [6, 6.07) is 7.16. The standard InChI is InChI=1S/C12H10Br2N2O3/c1-7-5-10(16-19-7)15-11(17)6-18-12-8(13)3-2-4-9(12)14/h2-5H,6H2,1H3,(H,15,16,17). The third-order valence-corrected chi connectivity index (χ3v) is 3.41. The Bertz CT molecular complexity index is 578. The molecule has 7 heteroatoms. The minimum Gasteiger partial charge on any atom is -0.481 e. The lowest BCUT2D eigenvalue weighted by Crippen LogP contribution is -2.20. The monoisotopic (exact) mass is 388 g/mol. The van der Waals surface area contributed by atoms with Crippen molar-refractivity contribution >= 4 is 43.6 Å². The van der Waals surface area contributed by atoms with E-state index in [0.29, 0.717) is 17.3 Å². The summed E-state index contributed by atoms with van der Waals surface area (Å²) >= 11 is 6.71. The van der Waals surface area contributed by atoms with Crippen LogP contribution in [0.3, 0.4) is 0 Å². The number of halogens is 2. The normalized spacial score (nSPS) is 10.3. The minimum atomic E-state index is -0.309. The Morgan fingerprint density at radius 3 is 2.68 bits per heavy atom. The molecule has 1 heterocycles. The molecule has 1 amide bonds. The quantitative estimate of drug-likeness (QED) is 0.868. The van der Waals surface area contributed by atoms with Crippen molar-refractivity contribution in [2.45, 2.75) is 6.92 Å². The van der Waals surface area contributed by atoms with Gasteiger partial charge in [-0.3, -0.25) is 4.79 Å². The Labute approximate surface area is 126 Å². The van der Waals surface area contributed by atoms with Gasteiger partial charge in [0.1, 0.15) is 11.5 Å². The molecule has 0 aliphatic carbocycles. The van der Waals surface area contributed by atoms with E-state index in [4.69, 9.17) is 9.26 Å². The van der Waals surface area contributed by atoms with E-state index in [1.54, 1.807) is 13.0 Å². The van der Waals surface area contributed by atoms with Crippen LogP contribution in [0.25, 0.3) is 0 Å². The SMILES string of the molecule is Cc1cc(NC(=O)COc2c(Br)cccc2Br)no1. The topological polar surface area (TPSA) is 64.4 Å². The number of anilines is 1. The van der Waals surface area contributed by atoms with Gasteiger partial charge in [-0.15, -0.1) is 0 Å². The Balaban J connectivity index is 1.93. The van der Waals surface area contributed by atoms with Gasteiger partial charge in [-0.2, -0.15) is 0 Å². The third kappa shape index (κ3) is 3.81. The molecule has 2 rings (SSSR count). The highest BCUT2D eigenvalue weighted by atomic mass is 79.9. The predicted molar refractivity (Wildman–Crippen MR) is 77.2 cm³/mol. The molecule has 0 radical (unpaired) electrons. The first-order valence-corrected chi connectivity index (χ1v) is 6.95. The molecule has 0 aliphatic heterocycles. The lowest BCUT2D eigenvalue weighted by atomic mass is 10.3. The number of nitrogens with zero attached hydrogens (tertiary/aromatic N) is 1. The van der Waals surface area contributed by atoms with Gasteiger partial charge in [-0.25, -0.2) is 0 Å². The Morgan fingerprint density at radius 1 is 1.42 bits per heavy atom. The molecular formula is C12H10Br2N2O3. The molecule has 1 aromatic carbocycles. The van der Waals surface area contributed by atoms with Gasteiger partial charge < -0.3 is 14.6 Å². The van der Waals surface area contributed by atoms with Gasteiger partial charge in [0.25, 0.3) is 5.91 Å². The predicted octanol–water partition coefficient (Wildman–Crippen LogP) is 3.53. The smallest absolute Gasteiger partial charge is 0.263 e. The minimum absolute atomic E-state index is 0.118. The molecule has 1 N–H and O–H groups in total. The number of ether oxygens (including phenoxy) is 1. The summed E-state index contributed by atoms with van der Waals surface area (Å²) in [6.07, 6.45) is 0. The van der Waals surface area contributed by atoms with Crippen molar-refractivity contribution in [1.29, 1.82) is 0 Å². The first-order valence-electron chi connectivity index (χ1n) is 5.36. The van der Waals surface area contributed by atoms with E-state index < -0.39 is 0 Å². The zero-order valence-electron chi connectivity index (χ0n) is 9.94. The van der Waals surface area contributed by atoms with Crippen LogP contribution >= 0.6 is 31.9 Å². The number of carbonyl (C=O) groups excluding carboxylic acids is 1. The Morgan fingerprint density at radius 2 is 2.11 bits per heavy atom. The van der Waals surface area contributed by atoms with Crippen molar-refractivity contribution in [3.63, 3.8) is 0 Å². The van der Waals surface area contributed by atoms with Gasteiger partial charge >= 0.3 is 0 Å². The molecule has 19 heavy (non-hydrogen) atoms. The highest BCUT2D eigenvalue weighted by Gasteiger charge is 2.10. The van der Waals surface area contributed by atoms with Crippen LogP contribution in [0.5, 0.6) is 5.75 Å². The second kappa shape index (κ2) is 6.21. The molecule has 2 aromatic rings. The molecule has 100 valence electrons. The van der Waals surface area contributed by atoms with Crippen molar-refractivity contribution in [2.75, 3.05) is 11.9 Å². The van der Waals surface area contributed by atoms with E-state index in [9.17, 15) is 4.79 Å². The van der Waals surface area contributed by atoms with E-state index >= 15 is 0 Å². The summed E-state index contributed by atoms with van der Waals surface area (Å²) in [6.45, 7) is 1.63. The van der Waals surface area contributed by atoms with E-state index in [0.717, 1.165) is 8.95 Å². The molecule has 0 aliphatic rings. The maximum absolute atomic E-state index is 11.7. The second-order valence-corrected chi connectivity index (χ2v) is 5.42.